The summed E-state index contributed by atoms with van der Waals surface area (Å²) in [6, 6.07) is 2.69. The molecule has 11 nitrogen and oxygen atoms in total. The molecule has 3 N–H and O–H groups in total. The van der Waals surface area contributed by atoms with E-state index in [0.29, 0.717) is 6.07 Å². The van der Waals surface area contributed by atoms with Crippen molar-refractivity contribution in [2.45, 2.75) is 25.3 Å². The van der Waals surface area contributed by atoms with E-state index in [1.165, 1.54) is 6.92 Å². The number of nitrogens with zero attached hydrogens (tertiary/aromatic N) is 2. The van der Waals surface area contributed by atoms with Gasteiger partial charge in [-0.15, -0.1) is 0 Å². The largest absolute Gasteiger partial charge is 0.481 e. The molecular formula is C12H13N3O8. The van der Waals surface area contributed by atoms with Crippen molar-refractivity contribution >= 4 is 29.0 Å². The summed E-state index contributed by atoms with van der Waals surface area (Å²) in [6.07, 6.45) is -0.817. The molecule has 0 radical (unpaired) electrons. The average molecular weight is 327 g/mol. The molecule has 11 heteroatoms. The Balaban J connectivity index is 3.22. The monoisotopic (exact) mass is 327 g/mol. The maximum absolute atomic E-state index is 11.4. The normalized spacial score (nSPS) is 12.9. The van der Waals surface area contributed by atoms with Crippen LogP contribution in [0, 0.1) is 20.2 Å². The van der Waals surface area contributed by atoms with Crippen LogP contribution in [0.5, 0.6) is 0 Å². The summed E-state index contributed by atoms with van der Waals surface area (Å²) >= 11 is 0. The Kier molecular flexibility index (Phi) is 5.17. The molecule has 1 rings (SSSR count). The smallest absolute Gasteiger partial charge is 0.329 e. The van der Waals surface area contributed by atoms with Crippen LogP contribution in [-0.4, -0.2) is 37.5 Å². The zero-order chi connectivity index (χ0) is 17.8. The van der Waals surface area contributed by atoms with E-state index in [4.69, 9.17) is 5.11 Å². The number of benzene rings is 1. The maximum atomic E-state index is 11.4. The van der Waals surface area contributed by atoms with Crippen molar-refractivity contribution in [3.63, 3.8) is 0 Å². The lowest BCUT2D eigenvalue weighted by Crippen LogP contribution is -2.44. The first kappa shape index (κ1) is 17.8. The lowest BCUT2D eigenvalue weighted by Gasteiger charge is -2.26. The summed E-state index contributed by atoms with van der Waals surface area (Å²) in [4.78, 5) is 41.9. The summed E-state index contributed by atoms with van der Waals surface area (Å²) in [5, 5.41) is 42.0. The molecule has 0 saturated heterocycles. The van der Waals surface area contributed by atoms with Crippen LogP contribution in [0.25, 0.3) is 0 Å². The van der Waals surface area contributed by atoms with Gasteiger partial charge in [-0.2, -0.15) is 0 Å². The first-order valence-corrected chi connectivity index (χ1v) is 6.23. The lowest BCUT2D eigenvalue weighted by molar-refractivity contribution is -0.393. The van der Waals surface area contributed by atoms with E-state index >= 15 is 0 Å². The number of non-ortho nitro benzene ring substituents is 1. The minimum absolute atomic E-state index is 0.254. The zero-order valence-electron chi connectivity index (χ0n) is 11.9. The highest BCUT2D eigenvalue weighted by molar-refractivity contribution is 5.84. The Morgan fingerprint density at radius 2 is 1.83 bits per heavy atom. The van der Waals surface area contributed by atoms with E-state index in [1.807, 2.05) is 0 Å². The van der Waals surface area contributed by atoms with Gasteiger partial charge < -0.3 is 15.5 Å². The fraction of sp³-hybridized carbons (Fsp3) is 0.333. The predicted octanol–water partition coefficient (Wildman–Crippen LogP) is 1.62. The fourth-order valence-corrected chi connectivity index (χ4v) is 1.77. The number of anilines is 1. The van der Waals surface area contributed by atoms with Crippen LogP contribution in [0.3, 0.4) is 0 Å². The SMILES string of the molecule is C[C@@](CCC(=O)O)(Nc1ccc([N+](=O)[O-])cc1[N+](=O)[O-])C(=O)O. The fourth-order valence-electron chi connectivity index (χ4n) is 1.77. The number of carboxylic acid groups (broad SMARTS) is 2. The molecule has 0 aliphatic rings. The molecule has 0 fully saturated rings. The Hall–Kier alpha value is -3.24. The summed E-state index contributed by atoms with van der Waals surface area (Å²) in [7, 11) is 0. The Bertz CT molecular complexity index is 674. The van der Waals surface area contributed by atoms with E-state index in [1.54, 1.807) is 0 Å². The van der Waals surface area contributed by atoms with Gasteiger partial charge in [-0.05, 0) is 19.4 Å². The minimum atomic E-state index is -1.79. The molecule has 1 aromatic carbocycles. The molecular weight excluding hydrogens is 314 g/mol. The van der Waals surface area contributed by atoms with E-state index < -0.39 is 45.1 Å². The number of hydrogen-bond donors (Lipinski definition) is 3. The molecule has 124 valence electrons. The minimum Gasteiger partial charge on any atom is -0.481 e. The molecule has 0 amide bonds. The average Bonchev–Trinajstić information content (AvgIpc) is 2.44. The van der Waals surface area contributed by atoms with Crippen molar-refractivity contribution in [2.24, 2.45) is 0 Å². The highest BCUT2D eigenvalue weighted by Crippen LogP contribution is 2.32. The molecule has 0 aliphatic carbocycles. The van der Waals surface area contributed by atoms with E-state index in [0.717, 1.165) is 12.1 Å². The Morgan fingerprint density at radius 3 is 2.26 bits per heavy atom. The van der Waals surface area contributed by atoms with Gasteiger partial charge in [-0.3, -0.25) is 25.0 Å². The molecule has 0 saturated carbocycles. The lowest BCUT2D eigenvalue weighted by atomic mass is 9.95. The van der Waals surface area contributed by atoms with Crippen LogP contribution in [-0.2, 0) is 9.59 Å². The van der Waals surface area contributed by atoms with Gasteiger partial charge in [0.05, 0.1) is 15.9 Å². The first-order valence-electron chi connectivity index (χ1n) is 6.23. The predicted molar refractivity (Wildman–Crippen MR) is 76.3 cm³/mol. The van der Waals surface area contributed by atoms with Gasteiger partial charge in [0.2, 0.25) is 0 Å². The van der Waals surface area contributed by atoms with Crippen molar-refractivity contribution in [3.8, 4) is 0 Å². The number of aliphatic carboxylic acids is 2. The van der Waals surface area contributed by atoms with Crippen LogP contribution < -0.4 is 5.32 Å². The Morgan fingerprint density at radius 1 is 1.22 bits per heavy atom. The van der Waals surface area contributed by atoms with Crippen LogP contribution in [0.1, 0.15) is 19.8 Å². The first-order chi connectivity index (χ1) is 10.6. The van der Waals surface area contributed by atoms with E-state index in [9.17, 15) is 34.9 Å². The van der Waals surface area contributed by atoms with Crippen LogP contribution in [0.4, 0.5) is 17.1 Å². The second-order valence-electron chi connectivity index (χ2n) is 4.87. The summed E-state index contributed by atoms with van der Waals surface area (Å²) in [5.41, 5.74) is -3.25. The molecule has 0 unspecified atom stereocenters. The topological polar surface area (TPSA) is 173 Å². The Labute approximate surface area is 128 Å². The molecule has 0 aliphatic heterocycles. The molecule has 0 aromatic heterocycles. The number of nitro groups is 2. The van der Waals surface area contributed by atoms with Gasteiger partial charge >= 0.3 is 11.9 Å². The second-order valence-corrected chi connectivity index (χ2v) is 4.87. The highest BCUT2D eigenvalue weighted by atomic mass is 16.6. The third-order valence-electron chi connectivity index (χ3n) is 3.11. The quantitative estimate of drug-likeness (QED) is 0.473. The van der Waals surface area contributed by atoms with Gasteiger partial charge in [0.15, 0.2) is 0 Å². The third kappa shape index (κ3) is 4.36. The van der Waals surface area contributed by atoms with Crippen molar-refractivity contribution in [2.75, 3.05) is 5.32 Å². The standard InChI is InChI=1S/C12H13N3O8/c1-12(11(18)19,5-4-10(16)17)13-8-3-2-7(14(20)21)6-9(8)15(22)23/h2-3,6,13H,4-5H2,1H3,(H,16,17)(H,18,19)/t12-/m0/s1. The second kappa shape index (κ2) is 6.68. The number of nitro benzene ring substituents is 2. The number of carbonyl (C=O) groups is 2. The molecule has 1 atom stereocenters. The van der Waals surface area contributed by atoms with Crippen LogP contribution in [0.2, 0.25) is 0 Å². The van der Waals surface area contributed by atoms with Crippen molar-refractivity contribution in [1.29, 1.82) is 0 Å². The molecule has 0 bridgehead atoms. The van der Waals surface area contributed by atoms with E-state index in [2.05, 4.69) is 5.32 Å². The molecule has 23 heavy (non-hydrogen) atoms. The highest BCUT2D eigenvalue weighted by Gasteiger charge is 2.35. The summed E-state index contributed by atoms with van der Waals surface area (Å²) in [5.74, 6) is -2.64. The third-order valence-corrected chi connectivity index (χ3v) is 3.11. The van der Waals surface area contributed by atoms with Gasteiger partial charge in [-0.25, -0.2) is 4.79 Å². The van der Waals surface area contributed by atoms with Crippen molar-refractivity contribution in [3.05, 3.63) is 38.4 Å². The van der Waals surface area contributed by atoms with Crippen molar-refractivity contribution < 1.29 is 29.6 Å². The summed E-state index contributed by atoms with van der Waals surface area (Å²) < 4.78 is 0. The molecule has 0 heterocycles. The van der Waals surface area contributed by atoms with Crippen LogP contribution >= 0.6 is 0 Å². The van der Waals surface area contributed by atoms with Gasteiger partial charge in [0, 0.05) is 12.5 Å². The maximum Gasteiger partial charge on any atom is 0.329 e. The van der Waals surface area contributed by atoms with Gasteiger partial charge in [0.25, 0.3) is 11.4 Å². The summed E-state index contributed by atoms with van der Waals surface area (Å²) in [6.45, 7) is 1.17. The number of hydrogen-bond acceptors (Lipinski definition) is 7. The molecule has 1 aromatic rings. The van der Waals surface area contributed by atoms with Crippen LogP contribution in [0.15, 0.2) is 18.2 Å². The van der Waals surface area contributed by atoms with Gasteiger partial charge in [-0.1, -0.05) is 0 Å². The number of carboxylic acids is 2. The van der Waals surface area contributed by atoms with Gasteiger partial charge in [0.1, 0.15) is 11.2 Å². The molecule has 0 spiro atoms. The van der Waals surface area contributed by atoms with E-state index in [-0.39, 0.29) is 12.1 Å². The van der Waals surface area contributed by atoms with Crippen molar-refractivity contribution in [1.82, 2.24) is 0 Å². The zero-order valence-corrected chi connectivity index (χ0v) is 11.9. The number of rotatable bonds is 8. The number of nitrogens with one attached hydrogen (secondary N) is 1.